The first kappa shape index (κ1) is 17.2. The monoisotopic (exact) mass is 352 g/mol. The molecule has 0 radical (unpaired) electrons. The van der Waals surface area contributed by atoms with Crippen LogP contribution in [0.2, 0.25) is 0 Å². The molecule has 1 fully saturated rings. The molecule has 1 aromatic carbocycles. The summed E-state index contributed by atoms with van der Waals surface area (Å²) in [4.78, 5) is 11.3. The highest BCUT2D eigenvalue weighted by Gasteiger charge is 2.31. The van der Waals surface area contributed by atoms with E-state index in [0.29, 0.717) is 12.0 Å². The summed E-state index contributed by atoms with van der Waals surface area (Å²) in [6, 6.07) is 6.98. The Balaban J connectivity index is 1.42. The molecular weight excluding hydrogens is 324 g/mol. The summed E-state index contributed by atoms with van der Waals surface area (Å²) in [5.74, 6) is 0.600. The zero-order chi connectivity index (χ0) is 18.1. The molecule has 1 N–H and O–H groups in total. The van der Waals surface area contributed by atoms with E-state index in [2.05, 4.69) is 61.6 Å². The Hall–Kier alpha value is -2.18. The molecule has 2 atom stereocenters. The third-order valence-electron chi connectivity index (χ3n) is 5.69. The predicted molar refractivity (Wildman–Crippen MR) is 104 cm³/mol. The number of imidazole rings is 2. The molecule has 1 aliphatic heterocycles. The summed E-state index contributed by atoms with van der Waals surface area (Å²) in [5, 5.41) is 3.68. The van der Waals surface area contributed by atoms with Crippen LogP contribution in [0.4, 0.5) is 0 Å². The second-order valence-electron chi connectivity index (χ2n) is 7.57. The number of hydrogen-bond acceptors (Lipinski definition) is 4. The minimum Gasteiger partial charge on any atom is -0.336 e. The Morgan fingerprint density at radius 1 is 1.15 bits per heavy atom. The fourth-order valence-electron chi connectivity index (χ4n) is 4.29. The van der Waals surface area contributed by atoms with Gasteiger partial charge in [-0.1, -0.05) is 6.07 Å². The quantitative estimate of drug-likeness (QED) is 0.766. The highest BCUT2D eigenvalue weighted by molar-refractivity contribution is 5.75. The minimum absolute atomic E-state index is 0.432. The molecule has 6 nitrogen and oxygen atoms in total. The van der Waals surface area contributed by atoms with E-state index >= 15 is 0 Å². The normalized spacial score (nSPS) is 21.5. The Morgan fingerprint density at radius 2 is 2.04 bits per heavy atom. The van der Waals surface area contributed by atoms with Crippen LogP contribution in [0.3, 0.4) is 0 Å². The van der Waals surface area contributed by atoms with E-state index in [1.54, 1.807) is 0 Å². The maximum Gasteiger partial charge on any atom is 0.0955 e. The number of aromatic nitrogens is 4. The highest BCUT2D eigenvalue weighted by Crippen LogP contribution is 2.34. The summed E-state index contributed by atoms with van der Waals surface area (Å²) in [6.07, 6.45) is 8.32. The van der Waals surface area contributed by atoms with Gasteiger partial charge in [-0.05, 0) is 50.0 Å². The Bertz CT molecular complexity index is 879. The topological polar surface area (TPSA) is 50.9 Å². The molecule has 0 saturated carbocycles. The first-order valence-corrected chi connectivity index (χ1v) is 9.40. The number of benzene rings is 1. The van der Waals surface area contributed by atoms with Gasteiger partial charge in [0.15, 0.2) is 0 Å². The number of hydrogen-bond donors (Lipinski definition) is 1. The Labute approximate surface area is 154 Å². The van der Waals surface area contributed by atoms with Crippen molar-refractivity contribution >= 4 is 11.0 Å². The summed E-state index contributed by atoms with van der Waals surface area (Å²) >= 11 is 0. The lowest BCUT2D eigenvalue weighted by Gasteiger charge is -2.39. The van der Waals surface area contributed by atoms with E-state index in [1.807, 2.05) is 25.9 Å². The van der Waals surface area contributed by atoms with Gasteiger partial charge in [-0.2, -0.15) is 0 Å². The number of fused-ring (bicyclic) bond motifs is 1. The van der Waals surface area contributed by atoms with E-state index in [1.165, 1.54) is 29.6 Å². The molecule has 0 amide bonds. The summed E-state index contributed by atoms with van der Waals surface area (Å²) < 4.78 is 4.22. The van der Waals surface area contributed by atoms with Crippen LogP contribution in [0.5, 0.6) is 0 Å². The van der Waals surface area contributed by atoms with Gasteiger partial charge < -0.3 is 14.5 Å². The van der Waals surface area contributed by atoms with Crippen molar-refractivity contribution in [1.29, 1.82) is 0 Å². The molecule has 1 saturated heterocycles. The van der Waals surface area contributed by atoms with Crippen LogP contribution in [0.1, 0.15) is 30.1 Å². The molecule has 1 aliphatic rings. The third kappa shape index (κ3) is 3.27. The summed E-state index contributed by atoms with van der Waals surface area (Å²) in [6.45, 7) is 3.05. The van der Waals surface area contributed by atoms with Gasteiger partial charge in [0.25, 0.3) is 0 Å². The maximum absolute atomic E-state index is 4.46. The summed E-state index contributed by atoms with van der Waals surface area (Å²) in [7, 11) is 6.36. The van der Waals surface area contributed by atoms with Gasteiger partial charge in [-0.3, -0.25) is 4.90 Å². The highest BCUT2D eigenvalue weighted by atomic mass is 15.2. The van der Waals surface area contributed by atoms with Crippen molar-refractivity contribution in [1.82, 2.24) is 29.3 Å². The zero-order valence-electron chi connectivity index (χ0n) is 15.9. The third-order valence-corrected chi connectivity index (χ3v) is 5.69. The van der Waals surface area contributed by atoms with Gasteiger partial charge in [0, 0.05) is 33.4 Å². The van der Waals surface area contributed by atoms with E-state index < -0.39 is 0 Å². The second kappa shape index (κ2) is 7.21. The fourth-order valence-corrected chi connectivity index (χ4v) is 4.29. The molecule has 26 heavy (non-hydrogen) atoms. The molecule has 3 aromatic rings. The number of rotatable bonds is 5. The maximum atomic E-state index is 4.46. The van der Waals surface area contributed by atoms with Crippen LogP contribution >= 0.6 is 0 Å². The smallest absolute Gasteiger partial charge is 0.0955 e. The molecule has 0 unspecified atom stereocenters. The zero-order valence-corrected chi connectivity index (χ0v) is 15.9. The van der Waals surface area contributed by atoms with Crippen molar-refractivity contribution in [2.24, 2.45) is 20.0 Å². The minimum atomic E-state index is 0.432. The van der Waals surface area contributed by atoms with Gasteiger partial charge in [-0.25, -0.2) is 9.97 Å². The molecule has 4 rings (SSSR count). The van der Waals surface area contributed by atoms with Gasteiger partial charge in [0.05, 0.1) is 35.4 Å². The Morgan fingerprint density at radius 3 is 2.85 bits per heavy atom. The largest absolute Gasteiger partial charge is 0.336 e. The number of likely N-dealkylation sites (tertiary alicyclic amines) is 1. The summed E-state index contributed by atoms with van der Waals surface area (Å²) in [5.41, 5.74) is 4.85. The molecule has 3 heterocycles. The first-order chi connectivity index (χ1) is 12.6. The van der Waals surface area contributed by atoms with Crippen LogP contribution < -0.4 is 5.32 Å². The number of nitrogens with one attached hydrogen (secondary N) is 1. The van der Waals surface area contributed by atoms with E-state index in [4.69, 9.17) is 0 Å². The lowest BCUT2D eigenvalue weighted by molar-refractivity contribution is 0.113. The van der Waals surface area contributed by atoms with Crippen molar-refractivity contribution in [2.75, 3.05) is 20.1 Å². The fraction of sp³-hybridized carbons (Fsp3) is 0.500. The van der Waals surface area contributed by atoms with Gasteiger partial charge in [0.1, 0.15) is 0 Å². The SMILES string of the molecule is CN1CCC[C@@H](CNCc2ccc3c(c2)ncn3C)[C@@H]1c1cncn1C. The van der Waals surface area contributed by atoms with Crippen molar-refractivity contribution < 1.29 is 0 Å². The lowest BCUT2D eigenvalue weighted by atomic mass is 9.87. The molecule has 0 aliphatic carbocycles. The van der Waals surface area contributed by atoms with Crippen molar-refractivity contribution in [3.63, 3.8) is 0 Å². The number of aryl methyl sites for hydroxylation is 2. The Kier molecular flexibility index (Phi) is 4.78. The van der Waals surface area contributed by atoms with Crippen LogP contribution in [0.25, 0.3) is 11.0 Å². The molecule has 138 valence electrons. The van der Waals surface area contributed by atoms with Crippen LogP contribution in [0.15, 0.2) is 37.1 Å². The molecule has 6 heteroatoms. The predicted octanol–water partition coefficient (Wildman–Crippen LogP) is 2.48. The van der Waals surface area contributed by atoms with E-state index in [-0.39, 0.29) is 0 Å². The molecule has 2 aromatic heterocycles. The van der Waals surface area contributed by atoms with Crippen molar-refractivity contribution in [2.45, 2.75) is 25.4 Å². The van der Waals surface area contributed by atoms with Gasteiger partial charge in [0.2, 0.25) is 0 Å². The van der Waals surface area contributed by atoms with Gasteiger partial charge >= 0.3 is 0 Å². The molecule has 0 bridgehead atoms. The second-order valence-corrected chi connectivity index (χ2v) is 7.57. The first-order valence-electron chi connectivity index (χ1n) is 9.40. The van der Waals surface area contributed by atoms with Crippen LogP contribution in [-0.2, 0) is 20.6 Å². The molecular formula is C20H28N6. The average molecular weight is 352 g/mol. The van der Waals surface area contributed by atoms with Crippen LogP contribution in [0, 0.1) is 5.92 Å². The van der Waals surface area contributed by atoms with Crippen molar-refractivity contribution in [3.05, 3.63) is 48.3 Å². The molecule has 0 spiro atoms. The average Bonchev–Trinajstić information content (AvgIpc) is 3.21. The standard InChI is InChI=1S/C20H28N6/c1-24-8-4-5-16(20(24)19-12-22-13-25(19)2)11-21-10-15-6-7-18-17(9-15)23-14-26(18)3/h6-7,9,12-14,16,20-21H,4-5,8,10-11H2,1-3H3/t16-,20+/m0/s1. The van der Waals surface area contributed by atoms with Crippen molar-refractivity contribution in [3.8, 4) is 0 Å². The van der Waals surface area contributed by atoms with E-state index in [9.17, 15) is 0 Å². The van der Waals surface area contributed by atoms with Crippen LogP contribution in [-0.4, -0.2) is 44.1 Å². The van der Waals surface area contributed by atoms with E-state index in [0.717, 1.165) is 25.2 Å². The lowest BCUT2D eigenvalue weighted by Crippen LogP contribution is -2.41. The number of piperidine rings is 1. The number of nitrogens with zero attached hydrogens (tertiary/aromatic N) is 5. The van der Waals surface area contributed by atoms with Gasteiger partial charge in [-0.15, -0.1) is 0 Å².